The molecule has 0 aromatic rings. The van der Waals surface area contributed by atoms with Gasteiger partial charge in [-0.05, 0) is 13.5 Å². The summed E-state index contributed by atoms with van der Waals surface area (Å²) in [6, 6.07) is -1.53. The van der Waals surface area contributed by atoms with Crippen molar-refractivity contribution in [3.05, 3.63) is 0 Å². The molecule has 5 N–H and O–H groups in total. The van der Waals surface area contributed by atoms with Crippen LogP contribution >= 0.6 is 0 Å². The molecule has 0 saturated heterocycles. The molecule has 1 amide bonds. The van der Waals surface area contributed by atoms with E-state index in [1.165, 1.54) is 0 Å². The van der Waals surface area contributed by atoms with Crippen molar-refractivity contribution in [2.45, 2.75) is 38.3 Å². The van der Waals surface area contributed by atoms with E-state index in [4.69, 9.17) is 10.8 Å². The van der Waals surface area contributed by atoms with Crippen molar-refractivity contribution >= 4 is 17.7 Å². The molecule has 18 heavy (non-hydrogen) atoms. The highest BCUT2D eigenvalue weighted by Gasteiger charge is 2.22. The third kappa shape index (κ3) is 6.31. The predicted octanol–water partition coefficient (Wildman–Crippen LogP) is -1.14. The minimum Gasteiger partial charge on any atom is -0.481 e. The lowest BCUT2D eigenvalue weighted by atomic mass is 10.0. The van der Waals surface area contributed by atoms with E-state index in [1.807, 2.05) is 0 Å². The number of carboxylic acid groups (broad SMARTS) is 1. The third-order valence-corrected chi connectivity index (χ3v) is 2.46. The van der Waals surface area contributed by atoms with E-state index in [9.17, 15) is 14.4 Å². The van der Waals surface area contributed by atoms with Gasteiger partial charge in [-0.15, -0.1) is 0 Å². The van der Waals surface area contributed by atoms with Gasteiger partial charge in [-0.1, -0.05) is 6.92 Å². The molecule has 7 nitrogen and oxygen atoms in total. The zero-order valence-corrected chi connectivity index (χ0v) is 10.7. The van der Waals surface area contributed by atoms with Gasteiger partial charge in [-0.3, -0.25) is 14.4 Å². The van der Waals surface area contributed by atoms with Gasteiger partial charge in [-0.2, -0.15) is 0 Å². The lowest BCUT2D eigenvalue weighted by molar-refractivity contribution is -0.137. The van der Waals surface area contributed by atoms with Crippen LogP contribution in [-0.2, 0) is 14.4 Å². The maximum Gasteiger partial charge on any atom is 0.303 e. The number of nitrogens with one attached hydrogen (secondary N) is 2. The minimum absolute atomic E-state index is 0.0834. The number of aliphatic carboxylic acids is 1. The smallest absolute Gasteiger partial charge is 0.303 e. The molecular weight excluding hydrogens is 238 g/mol. The Morgan fingerprint density at radius 2 is 1.94 bits per heavy atom. The summed E-state index contributed by atoms with van der Waals surface area (Å²) in [4.78, 5) is 33.7. The number of carboxylic acids is 1. The van der Waals surface area contributed by atoms with E-state index >= 15 is 0 Å². The molecule has 0 aromatic carbocycles. The number of carbonyl (C=O) groups excluding carboxylic acids is 2. The van der Waals surface area contributed by atoms with Crippen LogP contribution in [0.2, 0.25) is 0 Å². The number of hydrogen-bond donors (Lipinski definition) is 4. The molecule has 0 aliphatic rings. The van der Waals surface area contributed by atoms with Crippen molar-refractivity contribution in [3.8, 4) is 0 Å². The highest BCUT2D eigenvalue weighted by atomic mass is 16.4. The second-order valence-corrected chi connectivity index (χ2v) is 3.98. The number of carbonyl (C=O) groups is 3. The fourth-order valence-electron chi connectivity index (χ4n) is 1.42. The Hall–Kier alpha value is -1.47. The van der Waals surface area contributed by atoms with Crippen LogP contribution in [0, 0.1) is 0 Å². The van der Waals surface area contributed by atoms with Crippen LogP contribution in [-0.4, -0.2) is 48.4 Å². The van der Waals surface area contributed by atoms with E-state index < -0.39 is 24.0 Å². The fraction of sp³-hybridized carbons (Fsp3) is 0.727. The molecule has 0 heterocycles. The monoisotopic (exact) mass is 259 g/mol. The van der Waals surface area contributed by atoms with Crippen molar-refractivity contribution in [1.29, 1.82) is 0 Å². The molecule has 0 rings (SSSR count). The number of ketones is 1. The average molecular weight is 259 g/mol. The van der Waals surface area contributed by atoms with Crippen LogP contribution in [0.4, 0.5) is 0 Å². The largest absolute Gasteiger partial charge is 0.481 e. The Morgan fingerprint density at radius 1 is 1.33 bits per heavy atom. The molecule has 0 aliphatic heterocycles. The van der Waals surface area contributed by atoms with E-state index in [-0.39, 0.29) is 31.6 Å². The summed E-state index contributed by atoms with van der Waals surface area (Å²) in [5.41, 5.74) is 5.57. The van der Waals surface area contributed by atoms with Crippen molar-refractivity contribution in [1.82, 2.24) is 10.6 Å². The van der Waals surface area contributed by atoms with Gasteiger partial charge >= 0.3 is 5.97 Å². The Balaban J connectivity index is 4.43. The molecule has 0 fully saturated rings. The fourth-order valence-corrected chi connectivity index (χ4v) is 1.42. The summed E-state index contributed by atoms with van der Waals surface area (Å²) in [5.74, 6) is -1.65. The minimum atomic E-state index is -1.00. The van der Waals surface area contributed by atoms with Gasteiger partial charge in [0.2, 0.25) is 5.91 Å². The maximum atomic E-state index is 11.6. The summed E-state index contributed by atoms with van der Waals surface area (Å²) in [6.07, 6.45) is 0.157. The van der Waals surface area contributed by atoms with Crippen molar-refractivity contribution in [2.24, 2.45) is 5.73 Å². The van der Waals surface area contributed by atoms with Gasteiger partial charge in [0, 0.05) is 19.4 Å². The van der Waals surface area contributed by atoms with Crippen LogP contribution in [0.3, 0.4) is 0 Å². The molecule has 0 aliphatic carbocycles. The number of likely N-dealkylation sites (N-methyl/N-ethyl adjacent to an activating group) is 1. The topological polar surface area (TPSA) is 122 Å². The zero-order valence-electron chi connectivity index (χ0n) is 10.7. The Morgan fingerprint density at radius 3 is 2.39 bits per heavy atom. The first kappa shape index (κ1) is 16.5. The average Bonchev–Trinajstić information content (AvgIpc) is 2.33. The van der Waals surface area contributed by atoms with Crippen molar-refractivity contribution in [2.75, 3.05) is 13.6 Å². The van der Waals surface area contributed by atoms with Gasteiger partial charge in [0.05, 0.1) is 12.1 Å². The summed E-state index contributed by atoms with van der Waals surface area (Å²) in [6.45, 7) is 1.95. The normalized spacial score (nSPS) is 13.7. The van der Waals surface area contributed by atoms with Gasteiger partial charge in [0.25, 0.3) is 0 Å². The highest BCUT2D eigenvalue weighted by Crippen LogP contribution is 2.02. The number of nitrogens with two attached hydrogens (primary N) is 1. The van der Waals surface area contributed by atoms with Crippen LogP contribution in [0.25, 0.3) is 0 Å². The van der Waals surface area contributed by atoms with Crippen LogP contribution < -0.4 is 16.4 Å². The predicted molar refractivity (Wildman–Crippen MR) is 66.0 cm³/mol. The summed E-state index contributed by atoms with van der Waals surface area (Å²) >= 11 is 0. The standard InChI is InChI=1S/C11H21N3O4/c1-3-9(15)8(4-5-10(16)17)14-11(18)7(12)6-13-2/h7-8,13H,3-6,12H2,1-2H3,(H,14,18)(H,16,17)/t7-,8-/m1/s1. The number of hydrogen-bond acceptors (Lipinski definition) is 5. The number of amides is 1. The SMILES string of the molecule is CCC(=O)[C@@H](CCC(=O)O)NC(=O)[C@H](N)CNC. The van der Waals surface area contributed by atoms with E-state index in [0.717, 1.165) is 0 Å². The van der Waals surface area contributed by atoms with Crippen LogP contribution in [0.15, 0.2) is 0 Å². The van der Waals surface area contributed by atoms with Crippen LogP contribution in [0.5, 0.6) is 0 Å². The number of rotatable bonds is 9. The maximum absolute atomic E-state index is 11.6. The lowest BCUT2D eigenvalue weighted by Gasteiger charge is -2.19. The van der Waals surface area contributed by atoms with E-state index in [0.29, 0.717) is 0 Å². The molecule has 0 unspecified atom stereocenters. The quantitative estimate of drug-likeness (QED) is 0.415. The summed E-state index contributed by atoms with van der Waals surface area (Å²) in [5, 5.41) is 13.8. The molecule has 0 bridgehead atoms. The Kier molecular flexibility index (Phi) is 7.89. The third-order valence-electron chi connectivity index (χ3n) is 2.46. The van der Waals surface area contributed by atoms with Crippen molar-refractivity contribution in [3.63, 3.8) is 0 Å². The van der Waals surface area contributed by atoms with Gasteiger partial charge in [-0.25, -0.2) is 0 Å². The van der Waals surface area contributed by atoms with E-state index in [2.05, 4.69) is 10.6 Å². The molecule has 7 heteroatoms. The summed E-state index contributed by atoms with van der Waals surface area (Å²) in [7, 11) is 1.66. The van der Waals surface area contributed by atoms with Gasteiger partial charge in [0.15, 0.2) is 5.78 Å². The first-order valence-corrected chi connectivity index (χ1v) is 5.87. The summed E-state index contributed by atoms with van der Waals surface area (Å²) < 4.78 is 0. The van der Waals surface area contributed by atoms with E-state index in [1.54, 1.807) is 14.0 Å². The molecule has 0 spiro atoms. The van der Waals surface area contributed by atoms with Gasteiger partial charge in [0.1, 0.15) is 0 Å². The Bertz CT molecular complexity index is 307. The molecule has 104 valence electrons. The first-order chi connectivity index (χ1) is 8.42. The Labute approximate surface area is 106 Å². The van der Waals surface area contributed by atoms with Crippen LogP contribution in [0.1, 0.15) is 26.2 Å². The molecular formula is C11H21N3O4. The highest BCUT2D eigenvalue weighted by molar-refractivity contribution is 5.91. The second kappa shape index (κ2) is 8.60. The molecule has 0 saturated carbocycles. The number of Topliss-reactive ketones (excluding diaryl/α,β-unsaturated/α-hetero) is 1. The molecule has 2 atom stereocenters. The zero-order chi connectivity index (χ0) is 14.1. The molecule has 0 radical (unpaired) electrons. The first-order valence-electron chi connectivity index (χ1n) is 5.87. The van der Waals surface area contributed by atoms with Gasteiger partial charge < -0.3 is 21.5 Å². The lowest BCUT2D eigenvalue weighted by Crippen LogP contribution is -2.51. The second-order valence-electron chi connectivity index (χ2n) is 3.98. The molecule has 0 aromatic heterocycles. The van der Waals surface area contributed by atoms with Crippen molar-refractivity contribution < 1.29 is 19.5 Å².